The van der Waals surface area contributed by atoms with E-state index in [0.717, 1.165) is 9.80 Å². The van der Waals surface area contributed by atoms with Crippen LogP contribution in [0.2, 0.25) is 0 Å². The first-order chi connectivity index (χ1) is 37.8. The molecule has 1 aliphatic heterocycles. The van der Waals surface area contributed by atoms with Gasteiger partial charge in [0.1, 0.15) is 60.4 Å². The minimum Gasteiger partial charge on any atom is -0.390 e. The Balaban J connectivity index is 4.21. The summed E-state index contributed by atoms with van der Waals surface area (Å²) in [7, 11) is 9.81. The molecule has 1 rings (SSSR count). The average molecular weight is 1160 g/mol. The Morgan fingerprint density at radius 3 is 1.20 bits per heavy atom. The largest absolute Gasteiger partial charge is 0.390 e. The zero-order chi connectivity index (χ0) is 63.7. The molecule has 0 aromatic rings. The molecule has 0 spiro atoms. The van der Waals surface area contributed by atoms with E-state index in [1.54, 1.807) is 39.8 Å². The summed E-state index contributed by atoms with van der Waals surface area (Å²) in [5.41, 5.74) is 0. The molecule has 82 heavy (non-hydrogen) atoms. The number of hydrogen-bond acceptors (Lipinski definition) is 12. The Morgan fingerprint density at radius 2 is 0.768 bits per heavy atom. The average Bonchev–Trinajstić information content (AvgIpc) is 3.61. The Labute approximate surface area is 489 Å². The smallest absolute Gasteiger partial charge is 0.246 e. The molecule has 11 amide bonds. The minimum atomic E-state index is -1.61. The zero-order valence-corrected chi connectivity index (χ0v) is 53.8. The van der Waals surface area contributed by atoms with E-state index >= 15 is 9.59 Å². The maximum absolute atomic E-state index is 15.0. The van der Waals surface area contributed by atoms with E-state index in [1.165, 1.54) is 102 Å². The Bertz CT molecular complexity index is 2260. The summed E-state index contributed by atoms with van der Waals surface area (Å²) in [6, 6.07) is -12.4. The van der Waals surface area contributed by atoms with Crippen molar-refractivity contribution in [1.29, 1.82) is 0 Å². The van der Waals surface area contributed by atoms with E-state index in [1.807, 2.05) is 55.4 Å². The SMILES string of the molecule is C/C=C/C[C@@H](C)[C@@H](O)[C@H]1C(=O)N[C@@H](C)C(=O)N(C)CC(=O)N(C)[C@@H](CC(C)C)C(=O)N[C@@H](C)C(=O)N(C)[C@@H](CC(C)C)C(=O)N[C@@H](C)C(=O)N[C@H](C)C(=O)N(C)[C@@H](CC(C)C)C(=O)N(C)[C@@H](CC(C)C)C(=O)N(C)[C@@H](C(C)C)C(=O)N1C. The van der Waals surface area contributed by atoms with Crippen molar-refractivity contribution in [3.63, 3.8) is 0 Å². The summed E-state index contributed by atoms with van der Waals surface area (Å²) in [5, 5.41) is 22.7. The van der Waals surface area contributed by atoms with E-state index in [2.05, 4.69) is 21.3 Å². The van der Waals surface area contributed by atoms with Gasteiger partial charge in [0.05, 0.1) is 12.6 Å². The highest BCUT2D eigenvalue weighted by Gasteiger charge is 2.45. The van der Waals surface area contributed by atoms with Crippen LogP contribution in [0.25, 0.3) is 0 Å². The molecule has 0 saturated carbocycles. The van der Waals surface area contributed by atoms with Crippen LogP contribution in [0, 0.1) is 35.5 Å². The number of aliphatic hydroxyl groups is 1. The standard InChI is InChI=1S/C59H105N11O12/c1-24-25-26-37(12)49(72)48-53(76)63-39(14)54(77)64(17)31-46(71)65(18)42(27-32(2)3)51(74)62-41(16)55(78)66(19)43(28-33(4)5)52(75)60-38(13)50(73)61-40(15)56(79)67(20)44(29-34(6)7)57(80)68(21)45(30-35(8)9)58(81)69(22)47(36(10)11)59(82)70(48)23/h24-25,32-45,47-49,72H,26-31H2,1-23H3,(H,60,75)(H,61,73)(H,62,74)(H,63,76)/b25-24+/t37-,38+,39+,40-,41+,42+,43+,44+,45+,47+,48+,49-/m1/s1. The lowest BCUT2D eigenvalue weighted by Gasteiger charge is -2.41. The molecular weight excluding hydrogens is 1050 g/mol. The van der Waals surface area contributed by atoms with Crippen LogP contribution in [-0.2, 0) is 52.7 Å². The molecule has 468 valence electrons. The molecule has 1 fully saturated rings. The van der Waals surface area contributed by atoms with Crippen molar-refractivity contribution in [2.24, 2.45) is 35.5 Å². The van der Waals surface area contributed by atoms with E-state index in [9.17, 15) is 48.3 Å². The number of carbonyl (C=O) groups excluding carboxylic acids is 11. The van der Waals surface area contributed by atoms with Gasteiger partial charge in [-0.3, -0.25) is 52.7 Å². The summed E-state index contributed by atoms with van der Waals surface area (Å²) in [6.45, 7) is 27.0. The van der Waals surface area contributed by atoms with Crippen molar-refractivity contribution in [2.75, 3.05) is 55.9 Å². The minimum absolute atomic E-state index is 0.122. The number of allylic oxidation sites excluding steroid dienone is 2. The van der Waals surface area contributed by atoms with Crippen LogP contribution >= 0.6 is 0 Å². The van der Waals surface area contributed by atoms with Crippen molar-refractivity contribution in [3.8, 4) is 0 Å². The first kappa shape index (κ1) is 73.9. The van der Waals surface area contributed by atoms with Gasteiger partial charge < -0.3 is 60.7 Å². The van der Waals surface area contributed by atoms with Gasteiger partial charge in [0, 0.05) is 49.3 Å². The molecule has 0 aliphatic carbocycles. The number of hydrogen-bond donors (Lipinski definition) is 5. The molecule has 0 aromatic carbocycles. The third-order valence-electron chi connectivity index (χ3n) is 15.3. The summed E-state index contributed by atoms with van der Waals surface area (Å²) in [6.07, 6.45) is 3.01. The van der Waals surface area contributed by atoms with Gasteiger partial charge in [0.2, 0.25) is 65.0 Å². The van der Waals surface area contributed by atoms with E-state index in [-0.39, 0.29) is 49.4 Å². The predicted molar refractivity (Wildman–Crippen MR) is 315 cm³/mol. The second-order valence-electron chi connectivity index (χ2n) is 24.9. The van der Waals surface area contributed by atoms with Crippen LogP contribution in [-0.4, -0.2) is 227 Å². The summed E-state index contributed by atoms with van der Waals surface area (Å²) in [4.78, 5) is 166. The molecule has 1 heterocycles. The number of rotatable bonds is 13. The molecule has 0 radical (unpaired) electrons. The van der Waals surface area contributed by atoms with E-state index < -0.39 is 150 Å². The molecule has 0 bridgehead atoms. The molecule has 23 heteroatoms. The maximum Gasteiger partial charge on any atom is 0.246 e. The lowest BCUT2D eigenvalue weighted by atomic mass is 9.91. The highest BCUT2D eigenvalue weighted by atomic mass is 16.3. The molecule has 23 nitrogen and oxygen atoms in total. The Morgan fingerprint density at radius 1 is 0.427 bits per heavy atom. The van der Waals surface area contributed by atoms with Crippen molar-refractivity contribution >= 4 is 65.0 Å². The third-order valence-corrected chi connectivity index (χ3v) is 15.3. The third kappa shape index (κ3) is 20.6. The molecule has 0 unspecified atom stereocenters. The highest BCUT2D eigenvalue weighted by molar-refractivity contribution is 5.99. The van der Waals surface area contributed by atoms with Crippen LogP contribution in [0.4, 0.5) is 0 Å². The predicted octanol–water partition coefficient (Wildman–Crippen LogP) is 2.24. The molecule has 1 aliphatic rings. The summed E-state index contributed by atoms with van der Waals surface area (Å²) >= 11 is 0. The van der Waals surface area contributed by atoms with Crippen molar-refractivity contribution < 1.29 is 57.8 Å². The second-order valence-corrected chi connectivity index (χ2v) is 24.9. The first-order valence-corrected chi connectivity index (χ1v) is 29.1. The lowest BCUT2D eigenvalue weighted by Crippen LogP contribution is -2.63. The number of carbonyl (C=O) groups is 11. The van der Waals surface area contributed by atoms with Gasteiger partial charge >= 0.3 is 0 Å². The van der Waals surface area contributed by atoms with E-state index in [0.29, 0.717) is 6.42 Å². The topological polar surface area (TPSA) is 279 Å². The van der Waals surface area contributed by atoms with Crippen LogP contribution in [0.15, 0.2) is 12.2 Å². The van der Waals surface area contributed by atoms with Gasteiger partial charge in [-0.2, -0.15) is 0 Å². The van der Waals surface area contributed by atoms with Crippen molar-refractivity contribution in [3.05, 3.63) is 12.2 Å². The van der Waals surface area contributed by atoms with Crippen LogP contribution < -0.4 is 21.3 Å². The molecule has 1 saturated heterocycles. The zero-order valence-electron chi connectivity index (χ0n) is 53.8. The van der Waals surface area contributed by atoms with Crippen LogP contribution in [0.1, 0.15) is 143 Å². The van der Waals surface area contributed by atoms with E-state index in [4.69, 9.17) is 0 Å². The molecule has 0 aromatic heterocycles. The number of aliphatic hydroxyl groups excluding tert-OH is 1. The van der Waals surface area contributed by atoms with Gasteiger partial charge in [-0.15, -0.1) is 0 Å². The second kappa shape index (κ2) is 33.2. The number of nitrogens with zero attached hydrogens (tertiary/aromatic N) is 7. The Hall–Kier alpha value is -6.13. The Kier molecular flexibility index (Phi) is 29.9. The maximum atomic E-state index is 15.0. The molecular formula is C59H105N11O12. The normalized spacial score (nSPS) is 27.4. The monoisotopic (exact) mass is 1160 g/mol. The van der Waals surface area contributed by atoms with Crippen LogP contribution in [0.5, 0.6) is 0 Å². The fraction of sp³-hybridized carbons (Fsp3) is 0.780. The quantitative estimate of drug-likeness (QED) is 0.166. The van der Waals surface area contributed by atoms with Gasteiger partial charge in [0.25, 0.3) is 0 Å². The highest BCUT2D eigenvalue weighted by Crippen LogP contribution is 2.25. The fourth-order valence-corrected chi connectivity index (χ4v) is 10.2. The van der Waals surface area contributed by atoms with Gasteiger partial charge in [-0.25, -0.2) is 0 Å². The number of amides is 11. The number of likely N-dealkylation sites (N-methyl/N-ethyl adjacent to an activating group) is 7. The molecule has 12 atom stereocenters. The van der Waals surface area contributed by atoms with Crippen molar-refractivity contribution in [1.82, 2.24) is 55.6 Å². The first-order valence-electron chi connectivity index (χ1n) is 29.1. The van der Waals surface area contributed by atoms with Gasteiger partial charge in [-0.05, 0) is 102 Å². The number of nitrogens with one attached hydrogen (secondary N) is 4. The fourth-order valence-electron chi connectivity index (χ4n) is 10.2. The van der Waals surface area contributed by atoms with Gasteiger partial charge in [-0.1, -0.05) is 88.3 Å². The summed E-state index contributed by atoms with van der Waals surface area (Å²) in [5.74, 6) is -9.30. The summed E-state index contributed by atoms with van der Waals surface area (Å²) < 4.78 is 0. The van der Waals surface area contributed by atoms with Crippen molar-refractivity contribution in [2.45, 2.75) is 209 Å². The molecule has 5 N–H and O–H groups in total. The van der Waals surface area contributed by atoms with Crippen LogP contribution in [0.3, 0.4) is 0 Å². The lowest BCUT2D eigenvalue weighted by molar-refractivity contribution is -0.157. The van der Waals surface area contributed by atoms with Gasteiger partial charge in [0.15, 0.2) is 0 Å².